The third-order valence-corrected chi connectivity index (χ3v) is 16.4. The highest BCUT2D eigenvalue weighted by molar-refractivity contribution is 5.79. The second kappa shape index (κ2) is 48.3. The molecule has 474 valence electrons. The number of amides is 3. The number of ether oxygens (including phenoxy) is 4. The molecule has 2 saturated heterocycles. The summed E-state index contributed by atoms with van der Waals surface area (Å²) in [6.45, 7) is 5.96. The molecule has 9 N–H and O–H groups in total. The van der Waals surface area contributed by atoms with Crippen LogP contribution in [0.4, 0.5) is 0 Å². The van der Waals surface area contributed by atoms with Crippen molar-refractivity contribution < 1.29 is 63.3 Å². The first-order chi connectivity index (χ1) is 39.3. The van der Waals surface area contributed by atoms with E-state index in [1.807, 2.05) is 0 Å². The average Bonchev–Trinajstić information content (AvgIpc) is 3.52. The third kappa shape index (κ3) is 33.9. The van der Waals surface area contributed by atoms with Crippen molar-refractivity contribution in [1.29, 1.82) is 0 Å². The van der Waals surface area contributed by atoms with Crippen molar-refractivity contribution in [3.05, 3.63) is 0 Å². The second-order valence-electron chi connectivity index (χ2n) is 23.6. The topological polar surface area (TPSA) is 269 Å². The average molecular weight is 1150 g/mol. The van der Waals surface area contributed by atoms with E-state index in [4.69, 9.17) is 24.7 Å². The van der Waals surface area contributed by atoms with E-state index >= 15 is 0 Å². The van der Waals surface area contributed by atoms with Gasteiger partial charge in [-0.15, -0.1) is 0 Å². The molecule has 3 amide bonds. The van der Waals surface area contributed by atoms with Gasteiger partial charge in [0.25, 0.3) is 0 Å². The predicted octanol–water partition coefficient (Wildman–Crippen LogP) is 9.26. The van der Waals surface area contributed by atoms with Gasteiger partial charge >= 0.3 is 11.9 Å². The number of carbonyl (C=O) groups is 5. The van der Waals surface area contributed by atoms with Crippen LogP contribution in [0.2, 0.25) is 0 Å². The zero-order valence-corrected chi connectivity index (χ0v) is 51.4. The molecule has 2 rings (SSSR count). The van der Waals surface area contributed by atoms with Crippen molar-refractivity contribution in [3.8, 4) is 0 Å². The van der Waals surface area contributed by atoms with Crippen LogP contribution in [0.1, 0.15) is 271 Å². The molecule has 18 heteroatoms. The highest BCUT2D eigenvalue weighted by Crippen LogP contribution is 2.27. The van der Waals surface area contributed by atoms with Crippen LogP contribution < -0.4 is 21.7 Å². The van der Waals surface area contributed by atoms with Gasteiger partial charge in [-0.2, -0.15) is 0 Å². The van der Waals surface area contributed by atoms with Crippen LogP contribution in [0.15, 0.2) is 0 Å². The van der Waals surface area contributed by atoms with Gasteiger partial charge < -0.3 is 61.1 Å². The van der Waals surface area contributed by atoms with Gasteiger partial charge in [0.2, 0.25) is 17.7 Å². The van der Waals surface area contributed by atoms with Gasteiger partial charge in [-0.05, 0) is 45.1 Å². The number of likely N-dealkylation sites (tertiary alicyclic amines) is 1. The molecule has 0 bridgehead atoms. The quantitative estimate of drug-likeness (QED) is 0.0208. The van der Waals surface area contributed by atoms with E-state index in [9.17, 15) is 44.4 Å². The van der Waals surface area contributed by atoms with Crippen molar-refractivity contribution in [3.63, 3.8) is 0 Å². The van der Waals surface area contributed by atoms with Crippen molar-refractivity contribution >= 4 is 29.7 Å². The highest BCUT2D eigenvalue weighted by Gasteiger charge is 2.49. The summed E-state index contributed by atoms with van der Waals surface area (Å²) in [6.07, 6.45) is 28.9. The van der Waals surface area contributed by atoms with Gasteiger partial charge in [0.05, 0.1) is 37.8 Å². The molecule has 2 aliphatic rings. The van der Waals surface area contributed by atoms with Gasteiger partial charge in [0, 0.05) is 39.5 Å². The lowest BCUT2D eigenvalue weighted by atomic mass is 9.92. The largest absolute Gasteiger partial charge is 0.462 e. The Morgan fingerprint density at radius 1 is 0.568 bits per heavy atom. The normalized spacial score (nSPS) is 22.5. The molecule has 2 heterocycles. The van der Waals surface area contributed by atoms with E-state index in [-0.39, 0.29) is 57.2 Å². The summed E-state index contributed by atoms with van der Waals surface area (Å²) in [4.78, 5) is 68.9. The number of methoxy groups -OCH3 is 1. The molecule has 0 aromatic heterocycles. The number of esters is 2. The Balaban J connectivity index is 2.14. The minimum atomic E-state index is -1.55. The minimum Gasteiger partial charge on any atom is -0.462 e. The monoisotopic (exact) mass is 1150 g/mol. The van der Waals surface area contributed by atoms with E-state index in [1.165, 1.54) is 128 Å². The van der Waals surface area contributed by atoms with Gasteiger partial charge in [-0.25, -0.2) is 0 Å². The van der Waals surface area contributed by atoms with E-state index < -0.39 is 85.4 Å². The Morgan fingerprint density at radius 2 is 1.04 bits per heavy atom. The molecule has 2 fully saturated rings. The van der Waals surface area contributed by atoms with Gasteiger partial charge in [0.15, 0.2) is 12.4 Å². The summed E-state index contributed by atoms with van der Waals surface area (Å²) >= 11 is 0. The lowest BCUT2D eigenvalue weighted by Gasteiger charge is -2.45. The number of unbranched alkanes of at least 4 members (excludes halogenated alkanes) is 30. The molecule has 0 aromatic carbocycles. The summed E-state index contributed by atoms with van der Waals surface area (Å²) < 4.78 is 23.9. The fourth-order valence-corrected chi connectivity index (χ4v) is 11.3. The zero-order chi connectivity index (χ0) is 59.3. The van der Waals surface area contributed by atoms with E-state index in [2.05, 4.69) is 36.7 Å². The zero-order valence-electron chi connectivity index (χ0n) is 51.4. The van der Waals surface area contributed by atoms with Crippen molar-refractivity contribution in [1.82, 2.24) is 20.9 Å². The molecule has 2 aliphatic heterocycles. The number of carbonyl (C=O) groups excluding carboxylic acids is 5. The minimum absolute atomic E-state index is 0.0260. The number of nitrogens with zero attached hydrogens (tertiary/aromatic N) is 1. The van der Waals surface area contributed by atoms with Crippen LogP contribution in [-0.2, 0) is 42.9 Å². The molecule has 0 aromatic rings. The fraction of sp³-hybridized carbons (Fsp3) is 0.921. The van der Waals surface area contributed by atoms with E-state index in [0.29, 0.717) is 32.2 Å². The summed E-state index contributed by atoms with van der Waals surface area (Å²) in [5.41, 5.74) is 5.66. The van der Waals surface area contributed by atoms with Gasteiger partial charge in [-0.3, -0.25) is 28.9 Å². The summed E-state index contributed by atoms with van der Waals surface area (Å²) in [5.74, 6) is -2.30. The Kier molecular flexibility index (Phi) is 44.2. The molecule has 0 unspecified atom stereocenters. The number of nitrogens with one attached hydrogen (secondary N) is 3. The molecule has 0 saturated carbocycles. The first-order valence-corrected chi connectivity index (χ1v) is 32.8. The van der Waals surface area contributed by atoms with Crippen LogP contribution >= 0.6 is 0 Å². The summed E-state index contributed by atoms with van der Waals surface area (Å²) in [7, 11) is 1.36. The van der Waals surface area contributed by atoms with E-state index in [0.717, 1.165) is 83.5 Å². The predicted molar refractivity (Wildman–Crippen MR) is 319 cm³/mol. The van der Waals surface area contributed by atoms with Crippen molar-refractivity contribution in [2.75, 3.05) is 39.9 Å². The molecule has 18 nitrogen and oxygen atoms in total. The lowest BCUT2D eigenvalue weighted by molar-refractivity contribution is -0.260. The summed E-state index contributed by atoms with van der Waals surface area (Å²) in [6, 6.07) is -3.10. The van der Waals surface area contributed by atoms with Gasteiger partial charge in [-0.1, -0.05) is 207 Å². The molecular formula is C63H119N5O13. The molecule has 0 radical (unpaired) electrons. The van der Waals surface area contributed by atoms with Crippen molar-refractivity contribution in [2.45, 2.75) is 332 Å². The number of hydrogen-bond donors (Lipinski definition) is 8. The molecule has 0 spiro atoms. The maximum absolute atomic E-state index is 14.1. The number of hydrogen-bond acceptors (Lipinski definition) is 15. The molecular weight excluding hydrogens is 1030 g/mol. The first kappa shape index (κ1) is 74.1. The summed E-state index contributed by atoms with van der Waals surface area (Å²) in [5, 5.41) is 52.8. The molecule has 81 heavy (non-hydrogen) atoms. The van der Waals surface area contributed by atoms with Crippen LogP contribution in [0.5, 0.6) is 0 Å². The fourth-order valence-electron chi connectivity index (χ4n) is 11.3. The van der Waals surface area contributed by atoms with Gasteiger partial charge in [0.1, 0.15) is 30.5 Å². The Morgan fingerprint density at radius 3 is 1.53 bits per heavy atom. The Hall–Kier alpha value is -2.97. The number of aliphatic hydroxyl groups is 4. The maximum atomic E-state index is 14.1. The number of nitrogens with two attached hydrogens (primary N) is 1. The van der Waals surface area contributed by atoms with Crippen LogP contribution in [0.3, 0.4) is 0 Å². The van der Waals surface area contributed by atoms with Crippen molar-refractivity contribution in [2.24, 2.45) is 5.73 Å². The number of aliphatic hydroxyl groups excluding tert-OH is 4. The number of rotatable bonds is 51. The van der Waals surface area contributed by atoms with Crippen LogP contribution in [-0.4, -0.2) is 156 Å². The molecule has 0 aliphatic carbocycles. The smallest absolute Gasteiger partial charge is 0.306 e. The van der Waals surface area contributed by atoms with Crippen LogP contribution in [0.25, 0.3) is 0 Å². The standard InChI is InChI=1S/C63H119N5O13/c1-5-8-11-14-17-20-22-25-28-31-35-40-53(70)66-50-46-68(51(48-69)60(76)59(50)75)47-55(72)65-45-52-61(77)62(81-57(74)42-36-32-29-26-23-21-18-15-12-9-6-2)58(63(78-4)80-52)67-54(71)44-49(79-56(73)41-37-33-38-43-64)39-34-30-27-24-19-16-13-10-7-3/h49-52,58-63,69,75-77H,5-48,64H2,1-4H3,(H,65,72)(H,66,70)(H,67,71)/t49-,50+,51-,52-,58-,59-,60-,61-,62-,63+/m1/s1. The van der Waals surface area contributed by atoms with Crippen LogP contribution in [0, 0.1) is 0 Å². The Labute approximate surface area is 490 Å². The second-order valence-corrected chi connectivity index (χ2v) is 23.6. The first-order valence-electron chi connectivity index (χ1n) is 32.8. The highest BCUT2D eigenvalue weighted by atomic mass is 16.7. The Bertz CT molecular complexity index is 1620. The molecule has 10 atom stereocenters. The SMILES string of the molecule is CCCCCCCCCCCCCC(=O)N[C@H]1CN(CC(=O)NC[C@H]2O[C@H](OC)[C@H](NC(=O)C[C@@H](CCCCCCCCCCC)OC(=O)CCCCCN)[C@@H](OC(=O)CCCCCCCCCCCCC)[C@@H]2O)[C@H](CO)[C@@H](O)[C@@H]1O. The lowest BCUT2D eigenvalue weighted by Crippen LogP contribution is -2.68. The maximum Gasteiger partial charge on any atom is 0.306 e. The van der Waals surface area contributed by atoms with E-state index in [1.54, 1.807) is 0 Å². The third-order valence-electron chi connectivity index (χ3n) is 16.4. The number of piperidine rings is 1.